The summed E-state index contributed by atoms with van der Waals surface area (Å²) >= 11 is 5.94. The standard InChI is InChI=1S/C23H26ClN3O3S/c1-2-20-22(25-27-14-6-7-15-30-23(20)27)21(16-17-8-4-3-5-9-17)26-31(28,29)19-12-10-18(24)11-13-19/h3-5,8-13,21,26H,2,6-7,14-16H2,1H3. The highest BCUT2D eigenvalue weighted by Crippen LogP contribution is 2.32. The van der Waals surface area contributed by atoms with Crippen molar-refractivity contribution >= 4 is 21.6 Å². The van der Waals surface area contributed by atoms with Crippen molar-refractivity contribution in [2.75, 3.05) is 6.61 Å². The second kappa shape index (κ2) is 9.42. The Kier molecular flexibility index (Phi) is 6.65. The van der Waals surface area contributed by atoms with E-state index in [1.165, 1.54) is 12.1 Å². The van der Waals surface area contributed by atoms with Crippen LogP contribution in [-0.4, -0.2) is 24.8 Å². The van der Waals surface area contributed by atoms with Gasteiger partial charge in [0.05, 0.1) is 23.2 Å². The van der Waals surface area contributed by atoms with Crippen LogP contribution in [0.4, 0.5) is 0 Å². The summed E-state index contributed by atoms with van der Waals surface area (Å²) in [5.41, 5.74) is 2.71. The minimum absolute atomic E-state index is 0.171. The van der Waals surface area contributed by atoms with E-state index in [0.29, 0.717) is 24.5 Å². The number of nitrogens with zero attached hydrogens (tertiary/aromatic N) is 2. The molecule has 4 rings (SSSR count). The van der Waals surface area contributed by atoms with E-state index in [4.69, 9.17) is 21.4 Å². The van der Waals surface area contributed by atoms with Crippen LogP contribution in [0.25, 0.3) is 0 Å². The highest BCUT2D eigenvalue weighted by atomic mass is 35.5. The van der Waals surface area contributed by atoms with Gasteiger partial charge in [0.1, 0.15) is 0 Å². The van der Waals surface area contributed by atoms with E-state index in [-0.39, 0.29) is 4.90 Å². The summed E-state index contributed by atoms with van der Waals surface area (Å²) in [6, 6.07) is 15.5. The summed E-state index contributed by atoms with van der Waals surface area (Å²) in [5.74, 6) is 0.763. The van der Waals surface area contributed by atoms with Gasteiger partial charge in [-0.05, 0) is 55.5 Å². The Balaban J connectivity index is 1.74. The molecule has 8 heteroatoms. The van der Waals surface area contributed by atoms with Crippen LogP contribution in [0.3, 0.4) is 0 Å². The van der Waals surface area contributed by atoms with Gasteiger partial charge in [-0.15, -0.1) is 0 Å². The number of aromatic nitrogens is 2. The van der Waals surface area contributed by atoms with E-state index in [2.05, 4.69) is 4.72 Å². The number of benzene rings is 2. The van der Waals surface area contributed by atoms with Crippen molar-refractivity contribution in [2.45, 2.75) is 50.1 Å². The molecule has 31 heavy (non-hydrogen) atoms. The van der Waals surface area contributed by atoms with Crippen LogP contribution in [0, 0.1) is 0 Å². The summed E-state index contributed by atoms with van der Waals surface area (Å²) in [6.07, 6.45) is 3.16. The van der Waals surface area contributed by atoms with Crippen molar-refractivity contribution in [3.63, 3.8) is 0 Å². The van der Waals surface area contributed by atoms with Gasteiger partial charge in [0, 0.05) is 17.1 Å². The number of nitrogens with one attached hydrogen (secondary N) is 1. The molecule has 1 atom stereocenters. The van der Waals surface area contributed by atoms with Crippen molar-refractivity contribution in [1.82, 2.24) is 14.5 Å². The van der Waals surface area contributed by atoms with Gasteiger partial charge >= 0.3 is 0 Å². The maximum absolute atomic E-state index is 13.2. The molecule has 0 bridgehead atoms. The highest BCUT2D eigenvalue weighted by molar-refractivity contribution is 7.89. The van der Waals surface area contributed by atoms with Gasteiger partial charge in [-0.2, -0.15) is 5.10 Å². The molecular weight excluding hydrogens is 434 g/mol. The van der Waals surface area contributed by atoms with Crippen LogP contribution in [0.5, 0.6) is 5.88 Å². The Morgan fingerprint density at radius 2 is 1.87 bits per heavy atom. The van der Waals surface area contributed by atoms with E-state index in [0.717, 1.165) is 42.1 Å². The number of ether oxygens (including phenoxy) is 1. The Morgan fingerprint density at radius 3 is 2.58 bits per heavy atom. The molecule has 0 radical (unpaired) electrons. The number of aryl methyl sites for hydroxylation is 1. The predicted molar refractivity (Wildman–Crippen MR) is 121 cm³/mol. The third kappa shape index (κ3) is 4.95. The number of sulfonamides is 1. The molecule has 1 aliphatic rings. The number of hydrogen-bond acceptors (Lipinski definition) is 4. The fraction of sp³-hybridized carbons (Fsp3) is 0.348. The largest absolute Gasteiger partial charge is 0.478 e. The normalized spacial score (nSPS) is 15.0. The first kappa shape index (κ1) is 21.9. The SMILES string of the molecule is CCc1c(C(Cc2ccccc2)NS(=O)(=O)c2ccc(Cl)cc2)nn2c1OCCCC2. The molecule has 0 amide bonds. The van der Waals surface area contributed by atoms with E-state index in [9.17, 15) is 8.42 Å². The van der Waals surface area contributed by atoms with Gasteiger partial charge in [-0.25, -0.2) is 17.8 Å². The van der Waals surface area contributed by atoms with E-state index >= 15 is 0 Å². The lowest BCUT2D eigenvalue weighted by Crippen LogP contribution is -2.31. The molecule has 0 aliphatic carbocycles. The average molecular weight is 460 g/mol. The Morgan fingerprint density at radius 1 is 1.13 bits per heavy atom. The molecule has 2 heterocycles. The van der Waals surface area contributed by atoms with E-state index < -0.39 is 16.1 Å². The lowest BCUT2D eigenvalue weighted by molar-refractivity contribution is 0.300. The molecule has 1 aromatic heterocycles. The first-order chi connectivity index (χ1) is 15.0. The predicted octanol–water partition coefficient (Wildman–Crippen LogP) is 4.53. The van der Waals surface area contributed by atoms with Crippen LogP contribution in [0.1, 0.15) is 42.6 Å². The van der Waals surface area contributed by atoms with Gasteiger partial charge in [0.2, 0.25) is 15.9 Å². The third-order valence-corrected chi connectivity index (χ3v) is 7.16. The van der Waals surface area contributed by atoms with Crippen molar-refractivity contribution in [3.8, 4) is 5.88 Å². The van der Waals surface area contributed by atoms with Gasteiger partial charge in [0.15, 0.2) is 0 Å². The Hall–Kier alpha value is -2.35. The van der Waals surface area contributed by atoms with Gasteiger partial charge < -0.3 is 4.74 Å². The summed E-state index contributed by atoms with van der Waals surface area (Å²) < 4.78 is 37.2. The van der Waals surface area contributed by atoms with Crippen molar-refractivity contribution in [3.05, 3.63) is 76.4 Å². The molecule has 1 N–H and O–H groups in total. The molecule has 0 saturated heterocycles. The lowest BCUT2D eigenvalue weighted by atomic mass is 10.0. The molecule has 1 aliphatic heterocycles. The zero-order valence-corrected chi connectivity index (χ0v) is 19.0. The second-order valence-corrected chi connectivity index (χ2v) is 9.77. The van der Waals surface area contributed by atoms with E-state index in [1.54, 1.807) is 12.1 Å². The molecule has 3 aromatic rings. The summed E-state index contributed by atoms with van der Waals surface area (Å²) in [6.45, 7) is 3.46. The van der Waals surface area contributed by atoms with Gasteiger partial charge in [0.25, 0.3) is 0 Å². The Bertz CT molecular complexity index is 1130. The number of rotatable bonds is 7. The summed E-state index contributed by atoms with van der Waals surface area (Å²) in [4.78, 5) is 0.171. The minimum atomic E-state index is -3.78. The Labute approximate surface area is 188 Å². The third-order valence-electron chi connectivity index (χ3n) is 5.42. The van der Waals surface area contributed by atoms with Crippen LogP contribution in [0.2, 0.25) is 5.02 Å². The average Bonchev–Trinajstić information content (AvgIpc) is 2.95. The van der Waals surface area contributed by atoms with E-state index in [1.807, 2.05) is 41.9 Å². The lowest BCUT2D eigenvalue weighted by Gasteiger charge is -2.19. The van der Waals surface area contributed by atoms with Gasteiger partial charge in [-0.3, -0.25) is 0 Å². The number of fused-ring (bicyclic) bond motifs is 1. The molecule has 164 valence electrons. The first-order valence-corrected chi connectivity index (χ1v) is 12.4. The first-order valence-electron chi connectivity index (χ1n) is 10.5. The van der Waals surface area contributed by atoms with Crippen LogP contribution in [0.15, 0.2) is 59.5 Å². The molecular formula is C23H26ClN3O3S. The molecule has 1 unspecified atom stereocenters. The van der Waals surface area contributed by atoms with Crippen molar-refractivity contribution in [2.24, 2.45) is 0 Å². The maximum Gasteiger partial charge on any atom is 0.241 e. The molecule has 0 spiro atoms. The smallest absolute Gasteiger partial charge is 0.241 e. The maximum atomic E-state index is 13.2. The zero-order chi connectivity index (χ0) is 21.8. The minimum Gasteiger partial charge on any atom is -0.478 e. The number of halogens is 1. The van der Waals surface area contributed by atoms with Crippen LogP contribution < -0.4 is 9.46 Å². The van der Waals surface area contributed by atoms with Crippen LogP contribution in [-0.2, 0) is 29.4 Å². The fourth-order valence-electron chi connectivity index (χ4n) is 3.87. The summed E-state index contributed by atoms with van der Waals surface area (Å²) in [7, 11) is -3.78. The quantitative estimate of drug-likeness (QED) is 0.563. The van der Waals surface area contributed by atoms with Crippen LogP contribution >= 0.6 is 11.6 Å². The highest BCUT2D eigenvalue weighted by Gasteiger charge is 2.29. The monoisotopic (exact) mass is 459 g/mol. The topological polar surface area (TPSA) is 73.2 Å². The molecule has 0 saturated carbocycles. The molecule has 0 fully saturated rings. The fourth-order valence-corrected chi connectivity index (χ4v) is 5.20. The summed E-state index contributed by atoms with van der Waals surface area (Å²) in [5, 5.41) is 5.30. The van der Waals surface area contributed by atoms with Crippen molar-refractivity contribution in [1.29, 1.82) is 0 Å². The number of hydrogen-bond donors (Lipinski definition) is 1. The van der Waals surface area contributed by atoms with Gasteiger partial charge in [-0.1, -0.05) is 48.9 Å². The molecule has 6 nitrogen and oxygen atoms in total. The van der Waals surface area contributed by atoms with Crippen molar-refractivity contribution < 1.29 is 13.2 Å². The zero-order valence-electron chi connectivity index (χ0n) is 17.4. The second-order valence-electron chi connectivity index (χ2n) is 7.62. The molecule has 2 aromatic carbocycles.